The van der Waals surface area contributed by atoms with Crippen molar-refractivity contribution >= 4 is 17.3 Å². The number of aromatic nitrogens is 1. The Morgan fingerprint density at radius 1 is 1.06 bits per heavy atom. The van der Waals surface area contributed by atoms with Crippen LogP contribution in [-0.4, -0.2) is 76.1 Å². The molecule has 0 saturated carbocycles. The number of carbonyl (C=O) groups is 1. The number of nitrogens with zero attached hydrogens (tertiary/aromatic N) is 5. The van der Waals surface area contributed by atoms with Crippen molar-refractivity contribution in [1.82, 2.24) is 14.4 Å². The lowest BCUT2D eigenvalue weighted by molar-refractivity contribution is -0.384. The lowest BCUT2D eigenvalue weighted by Gasteiger charge is -2.36. The van der Waals surface area contributed by atoms with Crippen molar-refractivity contribution in [2.75, 3.05) is 50.7 Å². The molecule has 1 unspecified atom stereocenters. The van der Waals surface area contributed by atoms with E-state index in [0.717, 1.165) is 50.5 Å². The van der Waals surface area contributed by atoms with E-state index < -0.39 is 6.10 Å². The number of fused-ring (bicyclic) bond motifs is 1. The summed E-state index contributed by atoms with van der Waals surface area (Å²) in [6.07, 6.45) is 2.68. The zero-order valence-corrected chi connectivity index (χ0v) is 17.8. The smallest absolute Gasteiger partial charge is 0.269 e. The van der Waals surface area contributed by atoms with Gasteiger partial charge in [0.05, 0.1) is 22.3 Å². The van der Waals surface area contributed by atoms with Crippen LogP contribution in [0.15, 0.2) is 36.5 Å². The van der Waals surface area contributed by atoms with Crippen molar-refractivity contribution in [3.05, 3.63) is 57.9 Å². The lowest BCUT2D eigenvalue weighted by Crippen LogP contribution is -2.47. The van der Waals surface area contributed by atoms with Crippen LogP contribution in [0, 0.1) is 10.1 Å². The molecular formula is C22H29N5O4. The molecule has 2 aromatic rings. The second-order valence-electron chi connectivity index (χ2n) is 8.28. The summed E-state index contributed by atoms with van der Waals surface area (Å²) in [4.78, 5) is 29.8. The molecule has 1 aromatic carbocycles. The van der Waals surface area contributed by atoms with Crippen molar-refractivity contribution in [1.29, 1.82) is 0 Å². The molecule has 0 bridgehead atoms. The van der Waals surface area contributed by atoms with E-state index in [1.54, 1.807) is 18.2 Å². The molecule has 4 rings (SSSR count). The number of amides is 1. The number of nitro benzene ring substituents is 1. The van der Waals surface area contributed by atoms with E-state index >= 15 is 0 Å². The van der Waals surface area contributed by atoms with Crippen LogP contribution in [-0.2, 0) is 7.05 Å². The molecule has 0 radical (unpaired) electrons. The Balaban J connectivity index is 1.25. The standard InChI is InChI=1S/C22H29N5O4/c1-23-11-7-19-21(23)20(28)8-12-26(22(19)29)10-2-9-24-13-15-25(16-14-24)17-3-5-18(6-4-17)27(30)31/h3-7,11,20,28H,2,8-10,12-16H2,1H3. The summed E-state index contributed by atoms with van der Waals surface area (Å²) in [6, 6.07) is 8.52. The number of benzene rings is 1. The number of aryl methyl sites for hydroxylation is 1. The minimum absolute atomic E-state index is 0.00939. The summed E-state index contributed by atoms with van der Waals surface area (Å²) in [5, 5.41) is 21.2. The van der Waals surface area contributed by atoms with E-state index in [9.17, 15) is 20.0 Å². The molecule has 1 saturated heterocycles. The van der Waals surface area contributed by atoms with E-state index in [1.165, 1.54) is 0 Å². The van der Waals surface area contributed by atoms with Gasteiger partial charge >= 0.3 is 0 Å². The number of nitro groups is 1. The second-order valence-corrected chi connectivity index (χ2v) is 8.28. The Kier molecular flexibility index (Phi) is 6.24. The molecule has 0 spiro atoms. The minimum atomic E-state index is -0.601. The summed E-state index contributed by atoms with van der Waals surface area (Å²) in [5.41, 5.74) is 2.46. The Bertz CT molecular complexity index is 934. The largest absolute Gasteiger partial charge is 0.387 e. The third-order valence-corrected chi connectivity index (χ3v) is 6.33. The number of aliphatic hydroxyl groups is 1. The van der Waals surface area contributed by atoms with Crippen LogP contribution in [0.3, 0.4) is 0 Å². The van der Waals surface area contributed by atoms with Crippen molar-refractivity contribution in [2.45, 2.75) is 18.9 Å². The number of aliphatic hydroxyl groups excluding tert-OH is 1. The molecule has 31 heavy (non-hydrogen) atoms. The highest BCUT2D eigenvalue weighted by Crippen LogP contribution is 2.27. The summed E-state index contributed by atoms with van der Waals surface area (Å²) >= 11 is 0. The molecule has 9 heteroatoms. The molecule has 1 atom stereocenters. The van der Waals surface area contributed by atoms with Gasteiger partial charge in [-0.05, 0) is 37.6 Å². The maximum Gasteiger partial charge on any atom is 0.269 e. The van der Waals surface area contributed by atoms with Crippen LogP contribution in [0.1, 0.15) is 35.0 Å². The average molecular weight is 428 g/mol. The summed E-state index contributed by atoms with van der Waals surface area (Å²) in [6.45, 7) is 5.77. The Morgan fingerprint density at radius 2 is 1.77 bits per heavy atom. The fourth-order valence-corrected chi connectivity index (χ4v) is 4.54. The van der Waals surface area contributed by atoms with Gasteiger partial charge < -0.3 is 19.5 Å². The molecule has 0 aliphatic carbocycles. The quantitative estimate of drug-likeness (QED) is 0.560. The molecule has 2 aliphatic heterocycles. The van der Waals surface area contributed by atoms with Gasteiger partial charge in [0.15, 0.2) is 0 Å². The molecular weight excluding hydrogens is 398 g/mol. The van der Waals surface area contributed by atoms with Gasteiger partial charge in [0.25, 0.3) is 11.6 Å². The first-order valence-corrected chi connectivity index (χ1v) is 10.8. The maximum atomic E-state index is 12.9. The topological polar surface area (TPSA) is 95.1 Å². The predicted molar refractivity (Wildman–Crippen MR) is 117 cm³/mol. The first kappa shape index (κ1) is 21.3. The number of piperazine rings is 1. The van der Waals surface area contributed by atoms with Crippen molar-refractivity contribution < 1.29 is 14.8 Å². The average Bonchev–Trinajstić information content (AvgIpc) is 3.12. The van der Waals surface area contributed by atoms with Crippen LogP contribution >= 0.6 is 0 Å². The maximum absolute atomic E-state index is 12.9. The van der Waals surface area contributed by atoms with E-state index in [0.29, 0.717) is 25.1 Å². The highest BCUT2D eigenvalue weighted by Gasteiger charge is 2.29. The van der Waals surface area contributed by atoms with Gasteiger partial charge in [-0.2, -0.15) is 0 Å². The van der Waals surface area contributed by atoms with Crippen LogP contribution in [0.4, 0.5) is 11.4 Å². The van der Waals surface area contributed by atoms with Gasteiger partial charge in [0.2, 0.25) is 0 Å². The van der Waals surface area contributed by atoms with Crippen LogP contribution in [0.2, 0.25) is 0 Å². The van der Waals surface area contributed by atoms with E-state index in [2.05, 4.69) is 9.80 Å². The van der Waals surface area contributed by atoms with Crippen molar-refractivity contribution in [2.24, 2.45) is 7.05 Å². The predicted octanol–water partition coefficient (Wildman–Crippen LogP) is 2.02. The number of rotatable bonds is 6. The molecule has 1 aromatic heterocycles. The van der Waals surface area contributed by atoms with Gasteiger partial charge in [-0.3, -0.25) is 19.8 Å². The normalized spacial score (nSPS) is 19.9. The zero-order chi connectivity index (χ0) is 22.0. The van der Waals surface area contributed by atoms with E-state index in [1.807, 2.05) is 34.8 Å². The molecule has 9 nitrogen and oxygen atoms in total. The zero-order valence-electron chi connectivity index (χ0n) is 17.8. The van der Waals surface area contributed by atoms with Crippen LogP contribution < -0.4 is 4.90 Å². The molecule has 3 heterocycles. The minimum Gasteiger partial charge on any atom is -0.387 e. The number of non-ortho nitro benzene ring substituents is 1. The number of hydrogen-bond donors (Lipinski definition) is 1. The molecule has 166 valence electrons. The number of carbonyl (C=O) groups excluding carboxylic acids is 1. The first-order valence-electron chi connectivity index (χ1n) is 10.8. The summed E-state index contributed by atoms with van der Waals surface area (Å²) < 4.78 is 1.84. The van der Waals surface area contributed by atoms with Crippen molar-refractivity contribution in [3.63, 3.8) is 0 Å². The summed E-state index contributed by atoms with van der Waals surface area (Å²) in [5.74, 6) is 0.00939. The SMILES string of the molecule is Cn1ccc2c1C(O)CCN(CCCN1CCN(c3ccc([N+](=O)[O-])cc3)CC1)C2=O. The Morgan fingerprint density at radius 3 is 2.45 bits per heavy atom. The molecule has 2 aliphatic rings. The van der Waals surface area contributed by atoms with Crippen LogP contribution in [0.25, 0.3) is 0 Å². The second kappa shape index (κ2) is 9.07. The fraction of sp³-hybridized carbons (Fsp3) is 0.500. The fourth-order valence-electron chi connectivity index (χ4n) is 4.54. The monoisotopic (exact) mass is 427 g/mol. The number of anilines is 1. The van der Waals surface area contributed by atoms with Gasteiger partial charge in [-0.1, -0.05) is 0 Å². The van der Waals surface area contributed by atoms with Gasteiger partial charge in [-0.15, -0.1) is 0 Å². The third-order valence-electron chi connectivity index (χ3n) is 6.33. The van der Waals surface area contributed by atoms with E-state index in [-0.39, 0.29) is 16.5 Å². The van der Waals surface area contributed by atoms with Gasteiger partial charge in [0, 0.05) is 70.3 Å². The summed E-state index contributed by atoms with van der Waals surface area (Å²) in [7, 11) is 1.86. The van der Waals surface area contributed by atoms with Crippen molar-refractivity contribution in [3.8, 4) is 0 Å². The highest BCUT2D eigenvalue weighted by atomic mass is 16.6. The third kappa shape index (κ3) is 4.57. The van der Waals surface area contributed by atoms with Crippen LogP contribution in [0.5, 0.6) is 0 Å². The molecule has 1 amide bonds. The van der Waals surface area contributed by atoms with E-state index in [4.69, 9.17) is 0 Å². The molecule has 1 fully saturated rings. The Hall–Kier alpha value is -2.91. The van der Waals surface area contributed by atoms with Gasteiger partial charge in [-0.25, -0.2) is 0 Å². The highest BCUT2D eigenvalue weighted by molar-refractivity contribution is 5.96. The molecule has 1 N–H and O–H groups in total. The lowest BCUT2D eigenvalue weighted by atomic mass is 10.1. The number of hydrogen-bond acceptors (Lipinski definition) is 6. The first-order chi connectivity index (χ1) is 14.9. The van der Waals surface area contributed by atoms with Gasteiger partial charge in [0.1, 0.15) is 0 Å². The Labute approximate surface area is 181 Å².